The zero-order chi connectivity index (χ0) is 30.3. The molecule has 0 aliphatic carbocycles. The van der Waals surface area contributed by atoms with Gasteiger partial charge in [-0.05, 0) is 56.1 Å². The van der Waals surface area contributed by atoms with Crippen molar-refractivity contribution in [3.8, 4) is 21.8 Å². The SMILES string of the molecule is CCN(CC)C(C)CNC(=O)c1cc(-c2cnn3ccc(-c4cccs4)nc23)nc(N2CC[C@H]2C(=O)N2CC(F)(F)C2)c1. The highest BCUT2D eigenvalue weighted by atomic mass is 32.1. The van der Waals surface area contributed by atoms with Crippen molar-refractivity contribution >= 4 is 34.6 Å². The third-order valence-corrected chi connectivity index (χ3v) is 9.13. The number of hydrogen-bond acceptors (Lipinski definition) is 8. The van der Waals surface area contributed by atoms with Crippen LogP contribution >= 0.6 is 11.3 Å². The molecule has 0 saturated carbocycles. The number of alkyl halides is 2. The number of hydrogen-bond donors (Lipinski definition) is 1. The highest BCUT2D eigenvalue weighted by Gasteiger charge is 2.50. The second-order valence-corrected chi connectivity index (χ2v) is 12.0. The number of anilines is 1. The molecule has 1 N–H and O–H groups in total. The number of amides is 2. The number of likely N-dealkylation sites (tertiary alicyclic amines) is 1. The van der Waals surface area contributed by atoms with Crippen LogP contribution < -0.4 is 10.2 Å². The van der Waals surface area contributed by atoms with Crippen LogP contribution in [0.4, 0.5) is 14.6 Å². The Hall–Kier alpha value is -3.97. The first-order valence-electron chi connectivity index (χ1n) is 14.5. The summed E-state index contributed by atoms with van der Waals surface area (Å²) in [4.78, 5) is 42.5. The van der Waals surface area contributed by atoms with Gasteiger partial charge in [0.25, 0.3) is 11.8 Å². The molecule has 43 heavy (non-hydrogen) atoms. The number of carbonyl (C=O) groups excluding carboxylic acids is 2. The molecule has 13 heteroatoms. The average Bonchev–Trinajstić information content (AvgIpc) is 3.64. The minimum Gasteiger partial charge on any atom is -0.350 e. The summed E-state index contributed by atoms with van der Waals surface area (Å²) in [7, 11) is 0. The monoisotopic (exact) mass is 608 g/mol. The molecule has 226 valence electrons. The summed E-state index contributed by atoms with van der Waals surface area (Å²) in [6.07, 6.45) is 4.02. The summed E-state index contributed by atoms with van der Waals surface area (Å²) in [5.41, 5.74) is 2.88. The molecule has 6 heterocycles. The molecule has 0 spiro atoms. The van der Waals surface area contributed by atoms with Crippen molar-refractivity contribution in [2.75, 3.05) is 44.2 Å². The molecule has 4 aromatic heterocycles. The van der Waals surface area contributed by atoms with Gasteiger partial charge in [0.1, 0.15) is 11.9 Å². The fourth-order valence-electron chi connectivity index (χ4n) is 5.66. The van der Waals surface area contributed by atoms with Crippen molar-refractivity contribution in [2.24, 2.45) is 0 Å². The van der Waals surface area contributed by atoms with Crippen LogP contribution in [0, 0.1) is 0 Å². The van der Waals surface area contributed by atoms with Crippen molar-refractivity contribution in [1.82, 2.24) is 34.7 Å². The van der Waals surface area contributed by atoms with Gasteiger partial charge in [-0.1, -0.05) is 19.9 Å². The van der Waals surface area contributed by atoms with Crippen molar-refractivity contribution in [3.63, 3.8) is 0 Å². The normalized spacial score (nSPS) is 18.4. The Kier molecular flexibility index (Phi) is 7.86. The molecular formula is C30H34F2N8O2S. The minimum absolute atomic E-state index is 0.145. The van der Waals surface area contributed by atoms with Crippen LogP contribution in [0.3, 0.4) is 0 Å². The third-order valence-electron chi connectivity index (χ3n) is 8.24. The Morgan fingerprint density at radius 1 is 1.16 bits per heavy atom. The summed E-state index contributed by atoms with van der Waals surface area (Å²) in [6.45, 7) is 7.84. The van der Waals surface area contributed by atoms with E-state index in [9.17, 15) is 18.4 Å². The lowest BCUT2D eigenvalue weighted by molar-refractivity contribution is -0.168. The van der Waals surface area contributed by atoms with E-state index < -0.39 is 25.1 Å². The lowest BCUT2D eigenvalue weighted by atomic mass is 9.98. The Labute approximate surface area is 252 Å². The number of rotatable bonds is 10. The van der Waals surface area contributed by atoms with Crippen molar-refractivity contribution < 1.29 is 18.4 Å². The molecule has 2 amide bonds. The van der Waals surface area contributed by atoms with E-state index in [-0.39, 0.29) is 17.9 Å². The van der Waals surface area contributed by atoms with E-state index in [4.69, 9.17) is 9.97 Å². The van der Waals surface area contributed by atoms with Crippen LogP contribution in [0.2, 0.25) is 0 Å². The molecule has 2 aliphatic rings. The van der Waals surface area contributed by atoms with Crippen LogP contribution in [-0.4, -0.2) is 98.5 Å². The van der Waals surface area contributed by atoms with Crippen molar-refractivity contribution in [1.29, 1.82) is 0 Å². The van der Waals surface area contributed by atoms with Gasteiger partial charge in [0.05, 0.1) is 41.1 Å². The molecule has 10 nitrogen and oxygen atoms in total. The van der Waals surface area contributed by atoms with E-state index in [2.05, 4.69) is 36.1 Å². The standard InChI is InChI=1S/C30H34F2N8O2S/c1-4-37(5-2)19(3)15-33-28(41)20-13-23(21-16-34-40-11-8-22(36-27(21)40)25-7-6-12-43-25)35-26(14-20)39-10-9-24(39)29(42)38-17-30(31,32)18-38/h6-8,11-14,16,19,24H,4-5,9-10,15,17-18H2,1-3H3,(H,33,41)/t19?,24-/m0/s1. The Morgan fingerprint density at radius 2 is 1.95 bits per heavy atom. The van der Waals surface area contributed by atoms with Gasteiger partial charge in [0.2, 0.25) is 5.91 Å². The van der Waals surface area contributed by atoms with E-state index in [0.29, 0.717) is 47.8 Å². The first-order valence-corrected chi connectivity index (χ1v) is 15.4. The largest absolute Gasteiger partial charge is 0.350 e. The first-order chi connectivity index (χ1) is 20.7. The number of aromatic nitrogens is 4. The quantitative estimate of drug-likeness (QED) is 0.290. The van der Waals surface area contributed by atoms with Crippen molar-refractivity contribution in [3.05, 3.63) is 53.7 Å². The lowest BCUT2D eigenvalue weighted by Crippen LogP contribution is -2.65. The van der Waals surface area contributed by atoms with Gasteiger partial charge in [0, 0.05) is 30.9 Å². The maximum atomic E-state index is 13.5. The summed E-state index contributed by atoms with van der Waals surface area (Å²) < 4.78 is 28.7. The Morgan fingerprint density at radius 3 is 2.60 bits per heavy atom. The molecule has 1 unspecified atom stereocenters. The van der Waals surface area contributed by atoms with Gasteiger partial charge in [0.15, 0.2) is 5.65 Å². The van der Waals surface area contributed by atoms with Gasteiger partial charge in [-0.25, -0.2) is 23.3 Å². The molecule has 2 aliphatic heterocycles. The van der Waals surface area contributed by atoms with E-state index in [0.717, 1.165) is 23.7 Å². The maximum absolute atomic E-state index is 13.5. The molecular weight excluding hydrogens is 574 g/mol. The summed E-state index contributed by atoms with van der Waals surface area (Å²) in [5.74, 6) is -3.01. The number of thiophene rings is 1. The number of pyridine rings is 1. The summed E-state index contributed by atoms with van der Waals surface area (Å²) in [6, 6.07) is 8.77. The second kappa shape index (κ2) is 11.6. The molecule has 4 aromatic rings. The maximum Gasteiger partial charge on any atom is 0.282 e. The number of nitrogens with one attached hydrogen (secondary N) is 1. The molecule has 0 bridgehead atoms. The fourth-order valence-corrected chi connectivity index (χ4v) is 6.35. The first kappa shape index (κ1) is 29.1. The van der Waals surface area contributed by atoms with E-state index in [1.165, 1.54) is 4.90 Å². The molecule has 6 rings (SSSR count). The Bertz CT molecular complexity index is 1630. The topological polar surface area (TPSA) is 99.0 Å². The number of halogens is 2. The summed E-state index contributed by atoms with van der Waals surface area (Å²) >= 11 is 1.58. The van der Waals surface area contributed by atoms with Crippen LogP contribution in [0.1, 0.15) is 37.6 Å². The second-order valence-electron chi connectivity index (χ2n) is 11.0. The lowest BCUT2D eigenvalue weighted by Gasteiger charge is -2.47. The highest BCUT2D eigenvalue weighted by molar-refractivity contribution is 7.13. The fraction of sp³-hybridized carbons (Fsp3) is 0.433. The zero-order valence-corrected chi connectivity index (χ0v) is 25.2. The van der Waals surface area contributed by atoms with E-state index >= 15 is 0 Å². The van der Waals surface area contributed by atoms with Gasteiger partial charge in [-0.3, -0.25) is 14.5 Å². The highest BCUT2D eigenvalue weighted by Crippen LogP contribution is 2.34. The van der Waals surface area contributed by atoms with E-state index in [1.54, 1.807) is 39.1 Å². The minimum atomic E-state index is -2.84. The number of likely N-dealkylation sites (N-methyl/N-ethyl adjacent to an activating group) is 1. The summed E-state index contributed by atoms with van der Waals surface area (Å²) in [5, 5.41) is 9.50. The smallest absolute Gasteiger partial charge is 0.282 e. The molecule has 0 radical (unpaired) electrons. The molecule has 2 fully saturated rings. The van der Waals surface area contributed by atoms with Gasteiger partial charge in [-0.15, -0.1) is 11.3 Å². The van der Waals surface area contributed by atoms with E-state index in [1.807, 2.05) is 29.8 Å². The van der Waals surface area contributed by atoms with Crippen LogP contribution in [0.5, 0.6) is 0 Å². The van der Waals surface area contributed by atoms with Crippen molar-refractivity contribution in [2.45, 2.75) is 45.2 Å². The van der Waals surface area contributed by atoms with Gasteiger partial charge in [-0.2, -0.15) is 5.10 Å². The zero-order valence-electron chi connectivity index (χ0n) is 24.3. The third kappa shape index (κ3) is 5.70. The van der Waals surface area contributed by atoms with Crippen LogP contribution in [-0.2, 0) is 4.79 Å². The average molecular weight is 609 g/mol. The molecule has 0 aromatic carbocycles. The molecule has 2 saturated heterocycles. The molecule has 2 atom stereocenters. The number of nitrogens with zero attached hydrogens (tertiary/aromatic N) is 7. The Balaban J connectivity index is 1.34. The predicted molar refractivity (Wildman–Crippen MR) is 162 cm³/mol. The van der Waals surface area contributed by atoms with Gasteiger partial charge >= 0.3 is 0 Å². The number of fused-ring (bicyclic) bond motifs is 1. The van der Waals surface area contributed by atoms with Crippen LogP contribution in [0.15, 0.2) is 48.1 Å². The number of carbonyl (C=O) groups is 2. The van der Waals surface area contributed by atoms with Crippen LogP contribution in [0.25, 0.3) is 27.5 Å². The van der Waals surface area contributed by atoms with Gasteiger partial charge < -0.3 is 15.1 Å². The predicted octanol–water partition coefficient (Wildman–Crippen LogP) is 4.04.